The van der Waals surface area contributed by atoms with E-state index in [1.54, 1.807) is 0 Å². The first kappa shape index (κ1) is 18.0. The van der Waals surface area contributed by atoms with Crippen LogP contribution in [0.5, 0.6) is 0 Å². The fourth-order valence-electron chi connectivity index (χ4n) is 3.60. The second-order valence-electron chi connectivity index (χ2n) is 7.13. The SMILES string of the molecule is c1ccc(-c2ccc(-c3cnc(-c4ccccc4)c(-c4ccccc4)n3)cc2)cc1. The third-order valence-corrected chi connectivity index (χ3v) is 5.15. The molecule has 2 heteroatoms. The molecule has 0 aliphatic heterocycles. The highest BCUT2D eigenvalue weighted by atomic mass is 14.8. The Morgan fingerprint density at radius 1 is 0.367 bits per heavy atom. The molecule has 5 aromatic rings. The molecule has 0 fully saturated rings. The van der Waals surface area contributed by atoms with Crippen molar-refractivity contribution in [2.24, 2.45) is 0 Å². The van der Waals surface area contributed by atoms with Crippen LogP contribution in [-0.4, -0.2) is 9.97 Å². The van der Waals surface area contributed by atoms with Gasteiger partial charge >= 0.3 is 0 Å². The van der Waals surface area contributed by atoms with Crippen LogP contribution in [0, 0.1) is 0 Å². The molecule has 0 unspecified atom stereocenters. The molecule has 0 aliphatic rings. The molecule has 0 spiro atoms. The molecule has 30 heavy (non-hydrogen) atoms. The summed E-state index contributed by atoms with van der Waals surface area (Å²) in [5, 5.41) is 0. The summed E-state index contributed by atoms with van der Waals surface area (Å²) in [6, 6.07) is 39.4. The van der Waals surface area contributed by atoms with Crippen molar-refractivity contribution in [2.75, 3.05) is 0 Å². The summed E-state index contributed by atoms with van der Waals surface area (Å²) in [6.45, 7) is 0. The molecule has 1 heterocycles. The highest BCUT2D eigenvalue weighted by Crippen LogP contribution is 2.31. The van der Waals surface area contributed by atoms with Crippen LogP contribution in [0.15, 0.2) is 121 Å². The number of hydrogen-bond donors (Lipinski definition) is 0. The number of aromatic nitrogens is 2. The third-order valence-electron chi connectivity index (χ3n) is 5.15. The van der Waals surface area contributed by atoms with Crippen LogP contribution >= 0.6 is 0 Å². The van der Waals surface area contributed by atoms with E-state index in [1.807, 2.05) is 48.7 Å². The van der Waals surface area contributed by atoms with E-state index in [0.717, 1.165) is 33.8 Å². The Morgan fingerprint density at radius 2 is 0.800 bits per heavy atom. The zero-order valence-corrected chi connectivity index (χ0v) is 16.4. The summed E-state index contributed by atoms with van der Waals surface area (Å²) < 4.78 is 0. The van der Waals surface area contributed by atoms with Gasteiger partial charge in [-0.1, -0.05) is 115 Å². The largest absolute Gasteiger partial charge is 0.252 e. The molecule has 0 amide bonds. The van der Waals surface area contributed by atoms with Crippen molar-refractivity contribution in [3.8, 4) is 44.9 Å². The monoisotopic (exact) mass is 384 g/mol. The van der Waals surface area contributed by atoms with E-state index in [-0.39, 0.29) is 0 Å². The lowest BCUT2D eigenvalue weighted by molar-refractivity contribution is 1.21. The minimum Gasteiger partial charge on any atom is -0.252 e. The Balaban J connectivity index is 1.58. The summed E-state index contributed by atoms with van der Waals surface area (Å²) in [5.41, 5.74) is 8.24. The highest BCUT2D eigenvalue weighted by molar-refractivity contribution is 5.80. The molecule has 1 aromatic heterocycles. The van der Waals surface area contributed by atoms with Gasteiger partial charge in [0.2, 0.25) is 0 Å². The van der Waals surface area contributed by atoms with Crippen molar-refractivity contribution in [3.05, 3.63) is 121 Å². The van der Waals surface area contributed by atoms with E-state index >= 15 is 0 Å². The summed E-state index contributed by atoms with van der Waals surface area (Å²) >= 11 is 0. The Labute approximate surface area is 176 Å². The molecule has 0 N–H and O–H groups in total. The summed E-state index contributed by atoms with van der Waals surface area (Å²) in [5.74, 6) is 0. The van der Waals surface area contributed by atoms with E-state index in [2.05, 4.69) is 72.8 Å². The molecule has 5 rings (SSSR count). The van der Waals surface area contributed by atoms with Gasteiger partial charge in [-0.2, -0.15) is 0 Å². The van der Waals surface area contributed by atoms with Gasteiger partial charge in [0.05, 0.1) is 23.3 Å². The molecular weight excluding hydrogens is 364 g/mol. The predicted octanol–water partition coefficient (Wildman–Crippen LogP) is 7.14. The molecule has 0 saturated carbocycles. The van der Waals surface area contributed by atoms with Crippen LogP contribution in [-0.2, 0) is 0 Å². The van der Waals surface area contributed by atoms with Gasteiger partial charge in [-0.25, -0.2) is 4.98 Å². The van der Waals surface area contributed by atoms with E-state index in [4.69, 9.17) is 9.97 Å². The van der Waals surface area contributed by atoms with Crippen molar-refractivity contribution in [2.45, 2.75) is 0 Å². The first-order valence-corrected chi connectivity index (χ1v) is 10.0. The van der Waals surface area contributed by atoms with Gasteiger partial charge in [-0.05, 0) is 11.1 Å². The summed E-state index contributed by atoms with van der Waals surface area (Å²) in [6.07, 6.45) is 1.87. The van der Waals surface area contributed by atoms with E-state index in [1.165, 1.54) is 11.1 Å². The lowest BCUT2D eigenvalue weighted by Crippen LogP contribution is -1.96. The number of benzene rings is 4. The van der Waals surface area contributed by atoms with Crippen LogP contribution in [0.2, 0.25) is 0 Å². The Kier molecular flexibility index (Phi) is 4.89. The molecular formula is C28H20N2. The molecule has 0 bridgehead atoms. The van der Waals surface area contributed by atoms with Crippen LogP contribution in [0.25, 0.3) is 44.9 Å². The van der Waals surface area contributed by atoms with Gasteiger partial charge in [0.25, 0.3) is 0 Å². The van der Waals surface area contributed by atoms with E-state index < -0.39 is 0 Å². The van der Waals surface area contributed by atoms with Crippen molar-refractivity contribution < 1.29 is 0 Å². The zero-order valence-electron chi connectivity index (χ0n) is 16.4. The van der Waals surface area contributed by atoms with E-state index in [9.17, 15) is 0 Å². The molecule has 2 nitrogen and oxygen atoms in total. The minimum absolute atomic E-state index is 0.869. The van der Waals surface area contributed by atoms with Gasteiger partial charge in [-0.15, -0.1) is 0 Å². The van der Waals surface area contributed by atoms with Gasteiger partial charge < -0.3 is 0 Å². The molecule has 0 saturated heterocycles. The van der Waals surface area contributed by atoms with Crippen LogP contribution in [0.3, 0.4) is 0 Å². The quantitative estimate of drug-likeness (QED) is 0.329. The standard InChI is InChI=1S/C28H20N2/c1-4-10-21(11-5-1)22-16-18-23(19-17-22)26-20-29-27(24-12-6-2-7-13-24)28(30-26)25-14-8-3-9-15-25/h1-20H. The maximum absolute atomic E-state index is 5.03. The molecule has 0 atom stereocenters. The van der Waals surface area contributed by atoms with Crippen LogP contribution in [0.4, 0.5) is 0 Å². The summed E-state index contributed by atoms with van der Waals surface area (Å²) in [7, 11) is 0. The fraction of sp³-hybridized carbons (Fsp3) is 0. The van der Waals surface area contributed by atoms with Crippen LogP contribution < -0.4 is 0 Å². The Morgan fingerprint density at radius 3 is 1.37 bits per heavy atom. The van der Waals surface area contributed by atoms with Gasteiger partial charge in [0.15, 0.2) is 0 Å². The van der Waals surface area contributed by atoms with E-state index in [0.29, 0.717) is 0 Å². The Hall–Kier alpha value is -4.04. The number of rotatable bonds is 4. The smallest absolute Gasteiger partial charge is 0.0972 e. The van der Waals surface area contributed by atoms with Crippen molar-refractivity contribution >= 4 is 0 Å². The van der Waals surface area contributed by atoms with Gasteiger partial charge in [0, 0.05) is 16.7 Å². The lowest BCUT2D eigenvalue weighted by atomic mass is 10.0. The highest BCUT2D eigenvalue weighted by Gasteiger charge is 2.13. The predicted molar refractivity (Wildman–Crippen MR) is 124 cm³/mol. The second kappa shape index (κ2) is 8.14. The fourth-order valence-corrected chi connectivity index (χ4v) is 3.60. The zero-order chi connectivity index (χ0) is 20.2. The molecule has 4 aromatic carbocycles. The first-order valence-electron chi connectivity index (χ1n) is 10.0. The average Bonchev–Trinajstić information content (AvgIpc) is 2.85. The van der Waals surface area contributed by atoms with Crippen LogP contribution in [0.1, 0.15) is 0 Å². The summed E-state index contributed by atoms with van der Waals surface area (Å²) in [4.78, 5) is 9.85. The Bertz CT molecular complexity index is 1250. The second-order valence-corrected chi connectivity index (χ2v) is 7.13. The van der Waals surface area contributed by atoms with Crippen molar-refractivity contribution in [3.63, 3.8) is 0 Å². The number of nitrogens with zero attached hydrogens (tertiary/aromatic N) is 2. The lowest BCUT2D eigenvalue weighted by Gasteiger charge is -2.11. The first-order chi connectivity index (χ1) is 14.9. The maximum Gasteiger partial charge on any atom is 0.0972 e. The van der Waals surface area contributed by atoms with Crippen molar-refractivity contribution in [1.82, 2.24) is 9.97 Å². The number of hydrogen-bond acceptors (Lipinski definition) is 2. The minimum atomic E-state index is 0.869. The van der Waals surface area contributed by atoms with Gasteiger partial charge in [0.1, 0.15) is 0 Å². The molecule has 142 valence electrons. The third kappa shape index (κ3) is 3.63. The molecule has 0 radical (unpaired) electrons. The molecule has 0 aliphatic carbocycles. The normalized spacial score (nSPS) is 10.7. The van der Waals surface area contributed by atoms with Gasteiger partial charge in [-0.3, -0.25) is 4.98 Å². The average molecular weight is 384 g/mol. The topological polar surface area (TPSA) is 25.8 Å². The maximum atomic E-state index is 5.03. The van der Waals surface area contributed by atoms with Crippen molar-refractivity contribution in [1.29, 1.82) is 0 Å².